The number of benzene rings is 5. The molecule has 0 saturated heterocycles. The van der Waals surface area contributed by atoms with Crippen LogP contribution in [-0.2, 0) is 5.41 Å². The molecule has 1 aromatic heterocycles. The summed E-state index contributed by atoms with van der Waals surface area (Å²) in [6.07, 6.45) is 0. The molecule has 0 saturated carbocycles. The molecule has 0 spiro atoms. The van der Waals surface area contributed by atoms with E-state index in [-0.39, 0.29) is 5.41 Å². The highest BCUT2D eigenvalue weighted by Crippen LogP contribution is 2.52. The van der Waals surface area contributed by atoms with Crippen LogP contribution in [0.15, 0.2) is 114 Å². The van der Waals surface area contributed by atoms with Crippen LogP contribution in [0.4, 0.5) is 11.4 Å². The zero-order valence-electron chi connectivity index (χ0n) is 19.8. The predicted octanol–water partition coefficient (Wildman–Crippen LogP) is 9.30. The first-order valence-electron chi connectivity index (χ1n) is 12.1. The first kappa shape index (κ1) is 20.1. The van der Waals surface area contributed by atoms with Crippen LogP contribution in [0.1, 0.15) is 25.0 Å². The van der Waals surface area contributed by atoms with E-state index in [4.69, 9.17) is 4.42 Å². The van der Waals surface area contributed by atoms with Gasteiger partial charge in [-0.15, -0.1) is 0 Å². The summed E-state index contributed by atoms with van der Waals surface area (Å²) in [5, 5.41) is 6.01. The molecule has 2 nitrogen and oxygen atoms in total. The molecule has 1 aliphatic carbocycles. The summed E-state index contributed by atoms with van der Waals surface area (Å²) in [4.78, 5) is 0. The summed E-state index contributed by atoms with van der Waals surface area (Å²) in [5.74, 6) is 0. The molecule has 0 bridgehead atoms. The minimum Gasteiger partial charge on any atom is -0.453 e. The van der Waals surface area contributed by atoms with Gasteiger partial charge in [0.1, 0.15) is 5.58 Å². The van der Waals surface area contributed by atoms with Gasteiger partial charge in [-0.05, 0) is 34.4 Å². The molecule has 2 heteroatoms. The van der Waals surface area contributed by atoms with Crippen molar-refractivity contribution < 1.29 is 4.42 Å². The molecule has 0 radical (unpaired) electrons. The quantitative estimate of drug-likeness (QED) is 0.290. The third kappa shape index (κ3) is 2.90. The zero-order valence-corrected chi connectivity index (χ0v) is 19.8. The van der Waals surface area contributed by atoms with Crippen molar-refractivity contribution in [2.24, 2.45) is 0 Å². The lowest BCUT2D eigenvalue weighted by molar-refractivity contribution is 0.660. The lowest BCUT2D eigenvalue weighted by Gasteiger charge is -2.21. The van der Waals surface area contributed by atoms with Crippen LogP contribution in [0.2, 0.25) is 0 Å². The second-order valence-electron chi connectivity index (χ2n) is 9.86. The maximum atomic E-state index is 6.61. The van der Waals surface area contributed by atoms with Gasteiger partial charge in [0, 0.05) is 33.0 Å². The van der Waals surface area contributed by atoms with Crippen LogP contribution in [0.3, 0.4) is 0 Å². The highest BCUT2D eigenvalue weighted by atomic mass is 16.3. The van der Waals surface area contributed by atoms with Crippen LogP contribution in [-0.4, -0.2) is 0 Å². The summed E-state index contributed by atoms with van der Waals surface area (Å²) in [6, 6.07) is 38.6. The van der Waals surface area contributed by atoms with Crippen molar-refractivity contribution >= 4 is 33.3 Å². The van der Waals surface area contributed by atoms with Crippen LogP contribution in [0, 0.1) is 0 Å². The number of rotatable bonds is 3. The Morgan fingerprint density at radius 2 is 1.17 bits per heavy atom. The van der Waals surface area contributed by atoms with E-state index in [1.54, 1.807) is 0 Å². The maximum Gasteiger partial charge on any atom is 0.158 e. The monoisotopic (exact) mass is 451 g/mol. The van der Waals surface area contributed by atoms with Crippen molar-refractivity contribution in [1.29, 1.82) is 0 Å². The molecule has 1 N–H and O–H groups in total. The van der Waals surface area contributed by atoms with E-state index >= 15 is 0 Å². The maximum absolute atomic E-state index is 6.61. The van der Waals surface area contributed by atoms with Crippen molar-refractivity contribution in [1.82, 2.24) is 0 Å². The SMILES string of the molecule is CC1(C)c2ccccc2-c2c(Nc3cccc4c3oc3c(-c5ccccc5)cccc34)cccc21. The molecule has 0 fully saturated rings. The summed E-state index contributed by atoms with van der Waals surface area (Å²) >= 11 is 0. The third-order valence-corrected chi connectivity index (χ3v) is 7.49. The number of hydrogen-bond donors (Lipinski definition) is 1. The molecule has 0 aliphatic heterocycles. The molecule has 0 atom stereocenters. The van der Waals surface area contributed by atoms with Crippen molar-refractivity contribution in [3.8, 4) is 22.3 Å². The van der Waals surface area contributed by atoms with Gasteiger partial charge in [-0.25, -0.2) is 0 Å². The van der Waals surface area contributed by atoms with Gasteiger partial charge >= 0.3 is 0 Å². The number of nitrogens with one attached hydrogen (secondary N) is 1. The molecule has 1 heterocycles. The predicted molar refractivity (Wildman–Crippen MR) is 146 cm³/mol. The Hall–Kier alpha value is -4.30. The number of hydrogen-bond acceptors (Lipinski definition) is 2. The van der Waals surface area contributed by atoms with E-state index in [2.05, 4.69) is 122 Å². The Balaban J connectivity index is 1.42. The van der Waals surface area contributed by atoms with Crippen molar-refractivity contribution in [2.45, 2.75) is 19.3 Å². The summed E-state index contributed by atoms with van der Waals surface area (Å²) in [6.45, 7) is 4.62. The van der Waals surface area contributed by atoms with Gasteiger partial charge < -0.3 is 9.73 Å². The fourth-order valence-corrected chi connectivity index (χ4v) is 5.77. The van der Waals surface area contributed by atoms with Crippen LogP contribution in [0.5, 0.6) is 0 Å². The molecule has 0 amide bonds. The van der Waals surface area contributed by atoms with Crippen LogP contribution >= 0.6 is 0 Å². The average molecular weight is 452 g/mol. The normalized spacial score (nSPS) is 13.7. The van der Waals surface area contributed by atoms with Gasteiger partial charge in [0.25, 0.3) is 0 Å². The van der Waals surface area contributed by atoms with E-state index in [9.17, 15) is 0 Å². The van der Waals surface area contributed by atoms with Crippen LogP contribution in [0.25, 0.3) is 44.2 Å². The molecular formula is C33H25NO. The van der Waals surface area contributed by atoms with E-state index in [1.807, 2.05) is 6.07 Å². The van der Waals surface area contributed by atoms with Crippen molar-refractivity contribution in [3.05, 3.63) is 120 Å². The highest BCUT2D eigenvalue weighted by molar-refractivity contribution is 6.13. The topological polar surface area (TPSA) is 25.2 Å². The van der Waals surface area contributed by atoms with E-state index in [0.717, 1.165) is 44.4 Å². The van der Waals surface area contributed by atoms with Gasteiger partial charge in [0.15, 0.2) is 5.58 Å². The largest absolute Gasteiger partial charge is 0.453 e. The van der Waals surface area contributed by atoms with Gasteiger partial charge in [-0.3, -0.25) is 0 Å². The fraction of sp³-hybridized carbons (Fsp3) is 0.0909. The molecule has 0 unspecified atom stereocenters. The minimum absolute atomic E-state index is 0.0282. The first-order chi connectivity index (χ1) is 17.1. The third-order valence-electron chi connectivity index (χ3n) is 7.49. The number of furan rings is 1. The lowest BCUT2D eigenvalue weighted by atomic mass is 9.82. The molecule has 6 aromatic rings. The molecule has 1 aliphatic rings. The second-order valence-corrected chi connectivity index (χ2v) is 9.86. The fourth-order valence-electron chi connectivity index (χ4n) is 5.77. The summed E-state index contributed by atoms with van der Waals surface area (Å²) in [5.41, 5.74) is 11.5. The van der Waals surface area contributed by atoms with Crippen molar-refractivity contribution in [2.75, 3.05) is 5.32 Å². The van der Waals surface area contributed by atoms with E-state index in [0.29, 0.717) is 0 Å². The molecular weight excluding hydrogens is 426 g/mol. The van der Waals surface area contributed by atoms with E-state index < -0.39 is 0 Å². The van der Waals surface area contributed by atoms with Crippen LogP contribution < -0.4 is 5.32 Å². The Kier molecular flexibility index (Phi) is 4.22. The molecule has 35 heavy (non-hydrogen) atoms. The highest BCUT2D eigenvalue weighted by Gasteiger charge is 2.36. The Bertz CT molecular complexity index is 1740. The number of fused-ring (bicyclic) bond motifs is 6. The molecule has 5 aromatic carbocycles. The van der Waals surface area contributed by atoms with Gasteiger partial charge in [-0.1, -0.05) is 111 Å². The Morgan fingerprint density at radius 1 is 0.543 bits per heavy atom. The molecule has 168 valence electrons. The van der Waals surface area contributed by atoms with Gasteiger partial charge in [-0.2, -0.15) is 0 Å². The minimum atomic E-state index is -0.0282. The lowest BCUT2D eigenvalue weighted by Crippen LogP contribution is -2.14. The molecule has 7 rings (SSSR count). The van der Waals surface area contributed by atoms with E-state index in [1.165, 1.54) is 22.3 Å². The first-order valence-corrected chi connectivity index (χ1v) is 12.1. The Labute approximate surface area is 204 Å². The standard InChI is InChI=1S/C33H25NO/c1-33(2)26-17-7-6-13-25(26)30-27(33)18-10-19-28(30)34-29-20-9-16-24-23-15-8-14-22(31(23)35-32(24)29)21-11-4-3-5-12-21/h3-20,34H,1-2H3. The van der Waals surface area contributed by atoms with Crippen molar-refractivity contribution in [3.63, 3.8) is 0 Å². The zero-order chi connectivity index (χ0) is 23.6. The second kappa shape index (κ2) is 7.35. The smallest absolute Gasteiger partial charge is 0.158 e. The summed E-state index contributed by atoms with van der Waals surface area (Å²) in [7, 11) is 0. The Morgan fingerprint density at radius 3 is 2.03 bits per heavy atom. The number of anilines is 2. The van der Waals surface area contributed by atoms with Gasteiger partial charge in [0.05, 0.1) is 5.69 Å². The summed E-state index contributed by atoms with van der Waals surface area (Å²) < 4.78 is 6.61. The van der Waals surface area contributed by atoms with Gasteiger partial charge in [0.2, 0.25) is 0 Å². The number of para-hydroxylation sites is 2. The average Bonchev–Trinajstić information content (AvgIpc) is 3.39.